The van der Waals surface area contributed by atoms with Gasteiger partial charge in [-0.25, -0.2) is 4.79 Å². The van der Waals surface area contributed by atoms with Gasteiger partial charge in [-0.1, -0.05) is 31.5 Å². The first-order valence-electron chi connectivity index (χ1n) is 7.19. The molecule has 3 N–H and O–H groups in total. The first-order chi connectivity index (χ1) is 10.1. The van der Waals surface area contributed by atoms with Crippen LogP contribution in [-0.4, -0.2) is 28.0 Å². The predicted molar refractivity (Wildman–Crippen MR) is 81.1 cm³/mol. The topological polar surface area (TPSA) is 82.2 Å². The van der Waals surface area contributed by atoms with E-state index in [2.05, 4.69) is 10.3 Å². The van der Waals surface area contributed by atoms with Crippen LogP contribution in [0.2, 0.25) is 0 Å². The van der Waals surface area contributed by atoms with Crippen LogP contribution >= 0.6 is 0 Å². The smallest absolute Gasteiger partial charge is 0.326 e. The highest BCUT2D eigenvalue weighted by molar-refractivity contribution is 5.85. The summed E-state index contributed by atoms with van der Waals surface area (Å²) in [6.45, 7) is 1.90. The number of rotatable bonds is 7. The molecule has 0 aliphatic heterocycles. The van der Waals surface area contributed by atoms with Gasteiger partial charge in [0.25, 0.3) is 0 Å². The minimum Gasteiger partial charge on any atom is -0.480 e. The second-order valence-electron chi connectivity index (χ2n) is 5.11. The standard InChI is InChI=1S/C16H20N2O3/c1-2-5-14(16(20)21)18-15(19)9-8-11-10-17-13-7-4-3-6-12(11)13/h3-4,6-7,10,14,17H,2,5,8-9H2,1H3,(H,18,19)(H,20,21)/t14-/m1/s1. The number of amides is 1. The van der Waals surface area contributed by atoms with E-state index in [0.717, 1.165) is 22.9 Å². The lowest BCUT2D eigenvalue weighted by atomic mass is 10.1. The minimum absolute atomic E-state index is 0.221. The highest BCUT2D eigenvalue weighted by Gasteiger charge is 2.18. The number of carbonyl (C=O) groups excluding carboxylic acids is 1. The number of carbonyl (C=O) groups is 2. The predicted octanol–water partition coefficient (Wildman–Crippen LogP) is 2.47. The molecule has 1 aromatic carbocycles. The van der Waals surface area contributed by atoms with E-state index in [1.165, 1.54) is 0 Å². The Hall–Kier alpha value is -2.30. The van der Waals surface area contributed by atoms with E-state index in [4.69, 9.17) is 5.11 Å². The van der Waals surface area contributed by atoms with Crippen molar-refractivity contribution in [3.05, 3.63) is 36.0 Å². The molecule has 2 aromatic rings. The molecule has 5 nitrogen and oxygen atoms in total. The van der Waals surface area contributed by atoms with Crippen LogP contribution in [0.25, 0.3) is 10.9 Å². The first kappa shape index (κ1) is 15.1. The maximum Gasteiger partial charge on any atom is 0.326 e. The second-order valence-corrected chi connectivity index (χ2v) is 5.11. The van der Waals surface area contributed by atoms with E-state index in [9.17, 15) is 9.59 Å². The van der Waals surface area contributed by atoms with Crippen LogP contribution in [0.15, 0.2) is 30.5 Å². The number of hydrogen-bond donors (Lipinski definition) is 3. The molecule has 0 aliphatic rings. The highest BCUT2D eigenvalue weighted by Crippen LogP contribution is 2.18. The number of nitrogens with one attached hydrogen (secondary N) is 2. The monoisotopic (exact) mass is 288 g/mol. The first-order valence-corrected chi connectivity index (χ1v) is 7.19. The summed E-state index contributed by atoms with van der Waals surface area (Å²) in [5, 5.41) is 12.7. The van der Waals surface area contributed by atoms with Crippen molar-refractivity contribution in [1.29, 1.82) is 0 Å². The van der Waals surface area contributed by atoms with Crippen LogP contribution in [-0.2, 0) is 16.0 Å². The summed E-state index contributed by atoms with van der Waals surface area (Å²) in [4.78, 5) is 26.1. The van der Waals surface area contributed by atoms with E-state index in [1.807, 2.05) is 37.4 Å². The Bertz CT molecular complexity index is 633. The van der Waals surface area contributed by atoms with E-state index < -0.39 is 12.0 Å². The maximum absolute atomic E-state index is 11.9. The molecule has 5 heteroatoms. The number of fused-ring (bicyclic) bond motifs is 1. The van der Waals surface area contributed by atoms with Crippen LogP contribution in [0.1, 0.15) is 31.7 Å². The van der Waals surface area contributed by atoms with Gasteiger partial charge < -0.3 is 15.4 Å². The molecule has 1 aromatic heterocycles. The van der Waals surface area contributed by atoms with Crippen LogP contribution in [0.5, 0.6) is 0 Å². The number of aliphatic carboxylic acids is 1. The van der Waals surface area contributed by atoms with Crippen molar-refractivity contribution >= 4 is 22.8 Å². The number of aromatic amines is 1. The Labute approximate surface area is 123 Å². The van der Waals surface area contributed by atoms with Gasteiger partial charge in [0.2, 0.25) is 5.91 Å². The summed E-state index contributed by atoms with van der Waals surface area (Å²) in [7, 11) is 0. The average Bonchev–Trinajstić information content (AvgIpc) is 2.88. The molecule has 0 saturated carbocycles. The summed E-state index contributed by atoms with van der Waals surface area (Å²) >= 11 is 0. The Morgan fingerprint density at radius 1 is 1.33 bits per heavy atom. The molecule has 0 spiro atoms. The highest BCUT2D eigenvalue weighted by atomic mass is 16.4. The fourth-order valence-electron chi connectivity index (χ4n) is 2.40. The number of carboxylic acid groups (broad SMARTS) is 1. The van der Waals surface area contributed by atoms with Crippen molar-refractivity contribution in [2.75, 3.05) is 0 Å². The normalized spacial score (nSPS) is 12.2. The Balaban J connectivity index is 1.93. The van der Waals surface area contributed by atoms with Crippen molar-refractivity contribution in [2.45, 2.75) is 38.6 Å². The number of aryl methyl sites for hydroxylation is 1. The lowest BCUT2D eigenvalue weighted by Crippen LogP contribution is -2.40. The van der Waals surface area contributed by atoms with Gasteiger partial charge in [0.1, 0.15) is 6.04 Å². The van der Waals surface area contributed by atoms with E-state index in [1.54, 1.807) is 0 Å². The van der Waals surface area contributed by atoms with Crippen LogP contribution in [0.4, 0.5) is 0 Å². The molecule has 0 unspecified atom stereocenters. The number of benzene rings is 1. The minimum atomic E-state index is -0.975. The summed E-state index contributed by atoms with van der Waals surface area (Å²) in [5.74, 6) is -1.20. The second kappa shape index (κ2) is 6.92. The fraction of sp³-hybridized carbons (Fsp3) is 0.375. The zero-order valence-corrected chi connectivity index (χ0v) is 12.1. The summed E-state index contributed by atoms with van der Waals surface area (Å²) in [5.41, 5.74) is 2.12. The molecule has 0 saturated heterocycles. The summed E-state index contributed by atoms with van der Waals surface area (Å²) in [6.07, 6.45) is 3.95. The number of carboxylic acids is 1. The third-order valence-corrected chi connectivity index (χ3v) is 3.51. The van der Waals surface area contributed by atoms with Crippen LogP contribution in [0.3, 0.4) is 0 Å². The van der Waals surface area contributed by atoms with Gasteiger partial charge in [-0.2, -0.15) is 0 Å². The third kappa shape index (κ3) is 3.84. The molecule has 0 radical (unpaired) electrons. The van der Waals surface area contributed by atoms with Crippen molar-refractivity contribution < 1.29 is 14.7 Å². The van der Waals surface area contributed by atoms with Gasteiger partial charge in [-0.05, 0) is 24.5 Å². The van der Waals surface area contributed by atoms with E-state index >= 15 is 0 Å². The van der Waals surface area contributed by atoms with Gasteiger partial charge in [0.05, 0.1) is 0 Å². The lowest BCUT2D eigenvalue weighted by molar-refractivity contribution is -0.142. The molecule has 112 valence electrons. The fourth-order valence-corrected chi connectivity index (χ4v) is 2.40. The van der Waals surface area contributed by atoms with E-state index in [-0.39, 0.29) is 12.3 Å². The van der Waals surface area contributed by atoms with Crippen molar-refractivity contribution in [2.24, 2.45) is 0 Å². The van der Waals surface area contributed by atoms with Crippen molar-refractivity contribution in [1.82, 2.24) is 10.3 Å². The van der Waals surface area contributed by atoms with Gasteiger partial charge in [-0.3, -0.25) is 4.79 Å². The lowest BCUT2D eigenvalue weighted by Gasteiger charge is -2.13. The zero-order valence-electron chi connectivity index (χ0n) is 12.1. The molecule has 0 fully saturated rings. The van der Waals surface area contributed by atoms with Crippen LogP contribution < -0.4 is 5.32 Å². The third-order valence-electron chi connectivity index (χ3n) is 3.51. The number of H-pyrrole nitrogens is 1. The molecule has 0 aliphatic carbocycles. The molecule has 1 atom stereocenters. The van der Waals surface area contributed by atoms with Gasteiger partial charge in [-0.15, -0.1) is 0 Å². The average molecular weight is 288 g/mol. The number of para-hydroxylation sites is 1. The van der Waals surface area contributed by atoms with Gasteiger partial charge in [0.15, 0.2) is 0 Å². The molecule has 1 heterocycles. The molecule has 0 bridgehead atoms. The van der Waals surface area contributed by atoms with Gasteiger partial charge >= 0.3 is 5.97 Å². The molecular formula is C16H20N2O3. The van der Waals surface area contributed by atoms with Gasteiger partial charge in [0, 0.05) is 23.5 Å². The van der Waals surface area contributed by atoms with Crippen molar-refractivity contribution in [3.63, 3.8) is 0 Å². The number of aromatic nitrogens is 1. The quantitative estimate of drug-likeness (QED) is 0.732. The van der Waals surface area contributed by atoms with E-state index in [0.29, 0.717) is 12.8 Å². The van der Waals surface area contributed by atoms with Crippen molar-refractivity contribution in [3.8, 4) is 0 Å². The SMILES string of the molecule is CCC[C@@H](NC(=O)CCc1c[nH]c2ccccc12)C(=O)O. The zero-order chi connectivity index (χ0) is 15.2. The summed E-state index contributed by atoms with van der Waals surface area (Å²) < 4.78 is 0. The Morgan fingerprint density at radius 2 is 2.10 bits per heavy atom. The van der Waals surface area contributed by atoms with Crippen LogP contribution in [0, 0.1) is 0 Å². The molecule has 21 heavy (non-hydrogen) atoms. The molecule has 2 rings (SSSR count). The Kier molecular flexibility index (Phi) is 4.98. The largest absolute Gasteiger partial charge is 0.480 e. The molecular weight excluding hydrogens is 268 g/mol. The molecule has 1 amide bonds. The number of hydrogen-bond acceptors (Lipinski definition) is 2. The Morgan fingerprint density at radius 3 is 2.81 bits per heavy atom. The summed E-state index contributed by atoms with van der Waals surface area (Å²) in [6, 6.07) is 7.13. The maximum atomic E-state index is 11.9.